The van der Waals surface area contributed by atoms with Crippen LogP contribution in [0.5, 0.6) is 0 Å². The Labute approximate surface area is 140 Å². The maximum atomic E-state index is 13.2. The Bertz CT molecular complexity index is 757. The molecule has 0 N–H and O–H groups in total. The number of hydrazine groups is 1. The van der Waals surface area contributed by atoms with Gasteiger partial charge in [0.25, 0.3) is 11.8 Å². The monoisotopic (exact) mass is 321 g/mol. The zero-order valence-corrected chi connectivity index (χ0v) is 13.4. The van der Waals surface area contributed by atoms with Crippen molar-refractivity contribution >= 4 is 11.8 Å². The average Bonchev–Trinajstić information content (AvgIpc) is 3.32. The van der Waals surface area contributed by atoms with E-state index in [0.717, 1.165) is 24.8 Å². The van der Waals surface area contributed by atoms with E-state index in [2.05, 4.69) is 4.98 Å². The van der Waals surface area contributed by atoms with Gasteiger partial charge in [-0.25, -0.2) is 5.01 Å². The Morgan fingerprint density at radius 3 is 2.25 bits per heavy atom. The van der Waals surface area contributed by atoms with Crippen LogP contribution in [-0.2, 0) is 10.2 Å². The van der Waals surface area contributed by atoms with Gasteiger partial charge < -0.3 is 0 Å². The number of hydrogen-bond donors (Lipinski definition) is 0. The molecule has 2 aliphatic rings. The number of pyridine rings is 1. The van der Waals surface area contributed by atoms with E-state index in [0.29, 0.717) is 18.7 Å². The van der Waals surface area contributed by atoms with Crippen molar-refractivity contribution in [2.45, 2.75) is 24.7 Å². The molecule has 0 radical (unpaired) electrons. The fourth-order valence-corrected chi connectivity index (χ4v) is 3.43. The summed E-state index contributed by atoms with van der Waals surface area (Å²) in [6.45, 7) is 1.18. The molecule has 24 heavy (non-hydrogen) atoms. The van der Waals surface area contributed by atoms with E-state index in [1.165, 1.54) is 0 Å². The van der Waals surface area contributed by atoms with Crippen LogP contribution in [-0.4, -0.2) is 39.9 Å². The lowest BCUT2D eigenvalue weighted by atomic mass is 9.95. The topological polar surface area (TPSA) is 53.5 Å². The Morgan fingerprint density at radius 2 is 1.58 bits per heavy atom. The highest BCUT2D eigenvalue weighted by atomic mass is 16.2. The number of benzene rings is 1. The van der Waals surface area contributed by atoms with Crippen molar-refractivity contribution in [3.8, 4) is 0 Å². The number of rotatable bonds is 3. The first-order valence-electron chi connectivity index (χ1n) is 8.32. The molecule has 2 amide bonds. The van der Waals surface area contributed by atoms with Gasteiger partial charge >= 0.3 is 0 Å². The normalized spacial score (nSPS) is 18.5. The van der Waals surface area contributed by atoms with Crippen LogP contribution < -0.4 is 0 Å². The molecule has 1 saturated heterocycles. The summed E-state index contributed by atoms with van der Waals surface area (Å²) in [5, 5.41) is 3.25. The second kappa shape index (κ2) is 5.74. The maximum Gasteiger partial charge on any atom is 0.272 e. The standard InChI is InChI=1S/C19H19N3O2/c23-17(15-7-11-20-12-8-15)21-13-4-14-22(21)18(24)19(9-10-19)16-5-2-1-3-6-16/h1-3,5-8,11-12H,4,9-10,13-14H2. The molecular weight excluding hydrogens is 302 g/mol. The van der Waals surface area contributed by atoms with Crippen LogP contribution in [0.3, 0.4) is 0 Å². The zero-order chi connectivity index (χ0) is 16.6. The molecule has 1 aromatic heterocycles. The molecule has 5 nitrogen and oxygen atoms in total. The number of carbonyl (C=O) groups excluding carboxylic acids is 2. The highest BCUT2D eigenvalue weighted by molar-refractivity contribution is 5.98. The van der Waals surface area contributed by atoms with E-state index in [1.54, 1.807) is 34.5 Å². The van der Waals surface area contributed by atoms with Crippen LogP contribution in [0.15, 0.2) is 54.9 Å². The van der Waals surface area contributed by atoms with Crippen molar-refractivity contribution in [1.82, 2.24) is 15.0 Å². The molecule has 122 valence electrons. The molecule has 1 aromatic carbocycles. The van der Waals surface area contributed by atoms with Gasteiger partial charge in [-0.15, -0.1) is 0 Å². The lowest BCUT2D eigenvalue weighted by Gasteiger charge is -2.31. The summed E-state index contributed by atoms with van der Waals surface area (Å²) >= 11 is 0. The van der Waals surface area contributed by atoms with Gasteiger partial charge in [0.05, 0.1) is 5.41 Å². The summed E-state index contributed by atoms with van der Waals surface area (Å²) in [5.74, 6) is -0.0827. The van der Waals surface area contributed by atoms with E-state index >= 15 is 0 Å². The predicted octanol–water partition coefficient (Wildman–Crippen LogP) is 2.40. The van der Waals surface area contributed by atoms with E-state index in [9.17, 15) is 9.59 Å². The number of hydrogen-bond acceptors (Lipinski definition) is 3. The first-order chi connectivity index (χ1) is 11.7. The maximum absolute atomic E-state index is 13.2. The number of carbonyl (C=O) groups is 2. The minimum absolute atomic E-state index is 0.0496. The van der Waals surface area contributed by atoms with Crippen LogP contribution >= 0.6 is 0 Å². The minimum atomic E-state index is -0.442. The fraction of sp³-hybridized carbons (Fsp3) is 0.316. The van der Waals surface area contributed by atoms with Crippen LogP contribution in [0.25, 0.3) is 0 Å². The Kier molecular flexibility index (Phi) is 3.56. The third-order valence-electron chi connectivity index (χ3n) is 4.91. The van der Waals surface area contributed by atoms with Gasteiger partial charge in [0.2, 0.25) is 0 Å². The van der Waals surface area contributed by atoms with Crippen molar-refractivity contribution in [1.29, 1.82) is 0 Å². The smallest absolute Gasteiger partial charge is 0.272 e. The lowest BCUT2D eigenvalue weighted by Crippen LogP contribution is -2.48. The fourth-order valence-electron chi connectivity index (χ4n) is 3.43. The largest absolute Gasteiger partial charge is 0.272 e. The van der Waals surface area contributed by atoms with Gasteiger partial charge in [0, 0.05) is 31.0 Å². The molecule has 2 heterocycles. The molecule has 0 unspecified atom stereocenters. The quantitative estimate of drug-likeness (QED) is 0.872. The van der Waals surface area contributed by atoms with Crippen molar-refractivity contribution < 1.29 is 9.59 Å². The summed E-state index contributed by atoms with van der Waals surface area (Å²) in [5.41, 5.74) is 1.18. The summed E-state index contributed by atoms with van der Waals surface area (Å²) < 4.78 is 0. The van der Waals surface area contributed by atoms with Crippen LogP contribution in [0.2, 0.25) is 0 Å². The van der Waals surface area contributed by atoms with Gasteiger partial charge in [-0.1, -0.05) is 30.3 Å². The van der Waals surface area contributed by atoms with Gasteiger partial charge in [0.1, 0.15) is 0 Å². The van der Waals surface area contributed by atoms with E-state index in [4.69, 9.17) is 0 Å². The highest BCUT2D eigenvalue weighted by Gasteiger charge is 2.54. The molecule has 0 spiro atoms. The van der Waals surface area contributed by atoms with Crippen molar-refractivity contribution in [3.63, 3.8) is 0 Å². The molecule has 4 rings (SSSR count). The Balaban J connectivity index is 1.59. The second-order valence-corrected chi connectivity index (χ2v) is 6.39. The highest BCUT2D eigenvalue weighted by Crippen LogP contribution is 2.50. The summed E-state index contributed by atoms with van der Waals surface area (Å²) in [6, 6.07) is 13.3. The van der Waals surface area contributed by atoms with Gasteiger partial charge in [-0.3, -0.25) is 19.6 Å². The number of amides is 2. The first-order valence-corrected chi connectivity index (χ1v) is 8.32. The minimum Gasteiger partial charge on any atom is -0.272 e. The lowest BCUT2D eigenvalue weighted by molar-refractivity contribution is -0.143. The van der Waals surface area contributed by atoms with Gasteiger partial charge in [-0.05, 0) is 37.0 Å². The molecule has 0 bridgehead atoms. The van der Waals surface area contributed by atoms with E-state index in [1.807, 2.05) is 30.3 Å². The van der Waals surface area contributed by atoms with Crippen molar-refractivity contribution in [2.24, 2.45) is 0 Å². The average molecular weight is 321 g/mol. The zero-order valence-electron chi connectivity index (χ0n) is 13.4. The van der Waals surface area contributed by atoms with E-state index < -0.39 is 5.41 Å². The van der Waals surface area contributed by atoms with Crippen LogP contribution in [0, 0.1) is 0 Å². The third-order valence-corrected chi connectivity index (χ3v) is 4.91. The summed E-state index contributed by atoms with van der Waals surface area (Å²) in [6.07, 6.45) is 5.71. The third kappa shape index (κ3) is 2.37. The van der Waals surface area contributed by atoms with Crippen molar-refractivity contribution in [2.75, 3.05) is 13.1 Å². The summed E-state index contributed by atoms with van der Waals surface area (Å²) in [4.78, 5) is 29.9. The molecule has 2 fully saturated rings. The predicted molar refractivity (Wildman–Crippen MR) is 89.0 cm³/mol. The van der Waals surface area contributed by atoms with Crippen LogP contribution in [0.4, 0.5) is 0 Å². The first kappa shape index (κ1) is 14.9. The number of nitrogens with zero attached hydrogens (tertiary/aromatic N) is 3. The molecule has 5 heteroatoms. The summed E-state index contributed by atoms with van der Waals surface area (Å²) in [7, 11) is 0. The molecule has 0 atom stereocenters. The SMILES string of the molecule is O=C(c1ccncc1)N1CCCN1C(=O)C1(c2ccccc2)CC1. The van der Waals surface area contributed by atoms with Crippen LogP contribution in [0.1, 0.15) is 35.2 Å². The van der Waals surface area contributed by atoms with E-state index in [-0.39, 0.29) is 11.8 Å². The van der Waals surface area contributed by atoms with Gasteiger partial charge in [0.15, 0.2) is 0 Å². The van der Waals surface area contributed by atoms with Gasteiger partial charge in [-0.2, -0.15) is 0 Å². The molecule has 1 saturated carbocycles. The second-order valence-electron chi connectivity index (χ2n) is 6.39. The Morgan fingerprint density at radius 1 is 0.917 bits per heavy atom. The molecular formula is C19H19N3O2. The Hall–Kier alpha value is -2.69. The number of aromatic nitrogens is 1. The van der Waals surface area contributed by atoms with Crippen molar-refractivity contribution in [3.05, 3.63) is 66.0 Å². The molecule has 1 aliphatic carbocycles. The molecule has 2 aromatic rings. The molecule has 1 aliphatic heterocycles.